The van der Waals surface area contributed by atoms with E-state index >= 15 is 0 Å². The number of benzene rings is 2. The standard InChI is InChI=1S/C24H20FN3O2/c1-15-11-16(2)13-20(12-15)27-22-21(18-3-5-19(25)6-4-18)23(29)28(24(22)30)14-17-7-9-26-10-8-17/h3-13,27H,14H2,1-2H3. The van der Waals surface area contributed by atoms with Gasteiger partial charge in [-0.3, -0.25) is 19.5 Å². The minimum Gasteiger partial charge on any atom is -0.350 e. The maximum absolute atomic E-state index is 13.4. The zero-order valence-corrected chi connectivity index (χ0v) is 16.6. The number of carbonyl (C=O) groups is 2. The number of aromatic nitrogens is 1. The number of nitrogens with zero attached hydrogens (tertiary/aromatic N) is 2. The first kappa shape index (κ1) is 19.5. The minimum atomic E-state index is -0.421. The third-order valence-corrected chi connectivity index (χ3v) is 4.88. The fourth-order valence-electron chi connectivity index (χ4n) is 3.58. The zero-order chi connectivity index (χ0) is 21.3. The molecule has 150 valence electrons. The van der Waals surface area contributed by atoms with Gasteiger partial charge in [0, 0.05) is 18.1 Å². The fourth-order valence-corrected chi connectivity index (χ4v) is 3.58. The van der Waals surface area contributed by atoms with E-state index in [-0.39, 0.29) is 17.8 Å². The van der Waals surface area contributed by atoms with E-state index in [9.17, 15) is 14.0 Å². The Hall–Kier alpha value is -3.80. The number of hydrogen-bond donors (Lipinski definition) is 1. The lowest BCUT2D eigenvalue weighted by Crippen LogP contribution is -2.32. The number of nitrogens with one attached hydrogen (secondary N) is 1. The Morgan fingerprint density at radius 2 is 1.53 bits per heavy atom. The van der Waals surface area contributed by atoms with Crippen molar-refractivity contribution < 1.29 is 14.0 Å². The molecule has 0 saturated heterocycles. The topological polar surface area (TPSA) is 62.3 Å². The summed E-state index contributed by atoms with van der Waals surface area (Å²) in [7, 11) is 0. The van der Waals surface area contributed by atoms with Gasteiger partial charge in [-0.05, 0) is 72.5 Å². The molecule has 0 radical (unpaired) electrons. The Balaban J connectivity index is 1.76. The van der Waals surface area contributed by atoms with Crippen LogP contribution in [0.5, 0.6) is 0 Å². The van der Waals surface area contributed by atoms with Crippen LogP contribution in [0.4, 0.5) is 10.1 Å². The molecule has 5 nitrogen and oxygen atoms in total. The summed E-state index contributed by atoms with van der Waals surface area (Å²) < 4.78 is 13.4. The van der Waals surface area contributed by atoms with Crippen LogP contribution in [-0.4, -0.2) is 21.7 Å². The second kappa shape index (κ2) is 7.91. The quantitative estimate of drug-likeness (QED) is 0.650. The fraction of sp³-hybridized carbons (Fsp3) is 0.125. The summed E-state index contributed by atoms with van der Waals surface area (Å²) in [5.41, 5.74) is 4.48. The molecular weight excluding hydrogens is 381 g/mol. The van der Waals surface area contributed by atoms with E-state index in [4.69, 9.17) is 0 Å². The lowest BCUT2D eigenvalue weighted by molar-refractivity contribution is -0.137. The van der Waals surface area contributed by atoms with Gasteiger partial charge in [-0.25, -0.2) is 4.39 Å². The van der Waals surface area contributed by atoms with Gasteiger partial charge in [0.2, 0.25) is 0 Å². The molecule has 1 aliphatic rings. The number of carbonyl (C=O) groups excluding carboxylic acids is 2. The van der Waals surface area contributed by atoms with Crippen LogP contribution < -0.4 is 5.32 Å². The summed E-state index contributed by atoms with van der Waals surface area (Å²) in [5.74, 6) is -1.25. The number of imide groups is 1. The van der Waals surface area contributed by atoms with Crippen molar-refractivity contribution in [3.63, 3.8) is 0 Å². The van der Waals surface area contributed by atoms with Crippen LogP contribution in [0.3, 0.4) is 0 Å². The maximum Gasteiger partial charge on any atom is 0.278 e. The normalized spacial score (nSPS) is 13.9. The van der Waals surface area contributed by atoms with Crippen molar-refractivity contribution in [3.05, 3.63) is 101 Å². The second-order valence-electron chi connectivity index (χ2n) is 7.31. The van der Waals surface area contributed by atoms with Crippen LogP contribution in [0, 0.1) is 19.7 Å². The molecule has 0 bridgehead atoms. The van der Waals surface area contributed by atoms with Gasteiger partial charge in [0.15, 0.2) is 0 Å². The largest absolute Gasteiger partial charge is 0.350 e. The van der Waals surface area contributed by atoms with Crippen molar-refractivity contribution >= 4 is 23.1 Å². The molecule has 6 heteroatoms. The van der Waals surface area contributed by atoms with E-state index in [1.807, 2.05) is 32.0 Å². The van der Waals surface area contributed by atoms with Crippen molar-refractivity contribution in [1.82, 2.24) is 9.88 Å². The van der Waals surface area contributed by atoms with Gasteiger partial charge in [0.05, 0.1) is 12.1 Å². The molecule has 1 aromatic heterocycles. The summed E-state index contributed by atoms with van der Waals surface area (Å²) in [5, 5.41) is 3.14. The number of anilines is 1. The first-order valence-electron chi connectivity index (χ1n) is 9.53. The summed E-state index contributed by atoms with van der Waals surface area (Å²) in [6.07, 6.45) is 3.23. The molecule has 2 aromatic carbocycles. The Kier molecular flexibility index (Phi) is 5.14. The monoisotopic (exact) mass is 401 g/mol. The molecule has 1 N–H and O–H groups in total. The Morgan fingerprint density at radius 1 is 0.900 bits per heavy atom. The SMILES string of the molecule is Cc1cc(C)cc(NC2=C(c3ccc(F)cc3)C(=O)N(Cc3ccncc3)C2=O)c1. The lowest BCUT2D eigenvalue weighted by atomic mass is 10.0. The number of amides is 2. The average molecular weight is 401 g/mol. The van der Waals surface area contributed by atoms with Crippen LogP contribution in [-0.2, 0) is 16.1 Å². The highest BCUT2D eigenvalue weighted by molar-refractivity contribution is 6.36. The molecule has 0 fully saturated rings. The van der Waals surface area contributed by atoms with Crippen molar-refractivity contribution in [3.8, 4) is 0 Å². The van der Waals surface area contributed by atoms with Crippen LogP contribution >= 0.6 is 0 Å². The van der Waals surface area contributed by atoms with E-state index in [1.54, 1.807) is 24.5 Å². The summed E-state index contributed by atoms with van der Waals surface area (Å²) in [6, 6.07) is 14.9. The summed E-state index contributed by atoms with van der Waals surface area (Å²) in [4.78, 5) is 31.6. The molecule has 0 aliphatic carbocycles. The molecule has 2 heterocycles. The van der Waals surface area contributed by atoms with Gasteiger partial charge in [0.25, 0.3) is 11.8 Å². The van der Waals surface area contributed by atoms with Crippen molar-refractivity contribution in [2.75, 3.05) is 5.32 Å². The predicted molar refractivity (Wildman–Crippen MR) is 113 cm³/mol. The zero-order valence-electron chi connectivity index (χ0n) is 16.6. The second-order valence-corrected chi connectivity index (χ2v) is 7.31. The number of rotatable bonds is 5. The number of halogens is 1. The van der Waals surface area contributed by atoms with Crippen LogP contribution in [0.15, 0.2) is 72.7 Å². The molecule has 2 amide bonds. The molecule has 0 spiro atoms. The molecule has 0 atom stereocenters. The van der Waals surface area contributed by atoms with Crippen molar-refractivity contribution in [2.45, 2.75) is 20.4 Å². The van der Waals surface area contributed by atoms with Crippen LogP contribution in [0.25, 0.3) is 5.57 Å². The average Bonchev–Trinajstić information content (AvgIpc) is 2.93. The van der Waals surface area contributed by atoms with Crippen LogP contribution in [0.2, 0.25) is 0 Å². The Bertz CT molecular complexity index is 1130. The van der Waals surface area contributed by atoms with E-state index in [0.29, 0.717) is 11.3 Å². The van der Waals surface area contributed by atoms with Gasteiger partial charge in [-0.15, -0.1) is 0 Å². The van der Waals surface area contributed by atoms with Gasteiger partial charge >= 0.3 is 0 Å². The van der Waals surface area contributed by atoms with E-state index < -0.39 is 17.6 Å². The number of aryl methyl sites for hydroxylation is 2. The molecular formula is C24H20FN3O2. The molecule has 1 aliphatic heterocycles. The smallest absolute Gasteiger partial charge is 0.278 e. The molecule has 30 heavy (non-hydrogen) atoms. The lowest BCUT2D eigenvalue weighted by Gasteiger charge is -2.15. The summed E-state index contributed by atoms with van der Waals surface area (Å²) >= 11 is 0. The predicted octanol–water partition coefficient (Wildman–Crippen LogP) is 4.23. The van der Waals surface area contributed by atoms with E-state index in [0.717, 1.165) is 16.7 Å². The number of pyridine rings is 1. The molecule has 3 aromatic rings. The summed E-state index contributed by atoms with van der Waals surface area (Å²) in [6.45, 7) is 4.05. The minimum absolute atomic E-state index is 0.128. The molecule has 0 saturated carbocycles. The maximum atomic E-state index is 13.4. The van der Waals surface area contributed by atoms with Crippen molar-refractivity contribution in [2.24, 2.45) is 0 Å². The first-order valence-corrected chi connectivity index (χ1v) is 9.53. The first-order chi connectivity index (χ1) is 14.4. The van der Waals surface area contributed by atoms with Crippen molar-refractivity contribution in [1.29, 1.82) is 0 Å². The van der Waals surface area contributed by atoms with E-state index in [1.165, 1.54) is 29.2 Å². The third-order valence-electron chi connectivity index (χ3n) is 4.88. The van der Waals surface area contributed by atoms with Gasteiger partial charge in [-0.1, -0.05) is 18.2 Å². The van der Waals surface area contributed by atoms with Gasteiger partial charge in [0.1, 0.15) is 11.5 Å². The molecule has 4 rings (SSSR count). The Labute approximate surface area is 173 Å². The van der Waals surface area contributed by atoms with Gasteiger partial charge < -0.3 is 5.32 Å². The molecule has 0 unspecified atom stereocenters. The third kappa shape index (κ3) is 3.85. The highest BCUT2D eigenvalue weighted by Gasteiger charge is 2.39. The number of hydrogen-bond acceptors (Lipinski definition) is 4. The highest BCUT2D eigenvalue weighted by atomic mass is 19.1. The van der Waals surface area contributed by atoms with Crippen LogP contribution in [0.1, 0.15) is 22.3 Å². The van der Waals surface area contributed by atoms with Gasteiger partial charge in [-0.2, -0.15) is 0 Å². The Morgan fingerprint density at radius 3 is 2.17 bits per heavy atom. The van der Waals surface area contributed by atoms with E-state index in [2.05, 4.69) is 10.3 Å². The highest BCUT2D eigenvalue weighted by Crippen LogP contribution is 2.32.